The third kappa shape index (κ3) is 7.06. The average Bonchev–Trinajstić information content (AvgIpc) is 2.04. The SMILES string of the molecule is CCCC(C)CC(N)CC(C)CC. The molecule has 1 nitrogen and oxygen atoms in total. The van der Waals surface area contributed by atoms with Gasteiger partial charge in [0.05, 0.1) is 0 Å². The summed E-state index contributed by atoms with van der Waals surface area (Å²) in [6.07, 6.45) is 6.28. The molecule has 0 aromatic carbocycles. The molecule has 0 saturated heterocycles. The molecule has 3 atom stereocenters. The van der Waals surface area contributed by atoms with E-state index in [0.717, 1.165) is 11.8 Å². The Balaban J connectivity index is 3.54. The summed E-state index contributed by atoms with van der Waals surface area (Å²) in [6.45, 7) is 9.11. The Kier molecular flexibility index (Phi) is 7.35. The van der Waals surface area contributed by atoms with Crippen molar-refractivity contribution in [3.05, 3.63) is 0 Å². The maximum Gasteiger partial charge on any atom is 0.00438 e. The summed E-state index contributed by atoms with van der Waals surface area (Å²) in [4.78, 5) is 0. The number of hydrogen-bond acceptors (Lipinski definition) is 1. The van der Waals surface area contributed by atoms with Gasteiger partial charge in [-0.15, -0.1) is 0 Å². The molecule has 3 unspecified atom stereocenters. The molecule has 0 amide bonds. The van der Waals surface area contributed by atoms with Crippen LogP contribution in [0.5, 0.6) is 0 Å². The van der Waals surface area contributed by atoms with E-state index < -0.39 is 0 Å². The summed E-state index contributed by atoms with van der Waals surface area (Å²) >= 11 is 0. The van der Waals surface area contributed by atoms with Crippen molar-refractivity contribution in [3.63, 3.8) is 0 Å². The zero-order chi connectivity index (χ0) is 10.3. The molecule has 0 rings (SSSR count). The van der Waals surface area contributed by atoms with Crippen molar-refractivity contribution < 1.29 is 0 Å². The van der Waals surface area contributed by atoms with E-state index in [2.05, 4.69) is 27.7 Å². The van der Waals surface area contributed by atoms with Crippen LogP contribution in [0.4, 0.5) is 0 Å². The highest BCUT2D eigenvalue weighted by Crippen LogP contribution is 2.17. The lowest BCUT2D eigenvalue weighted by Gasteiger charge is -2.19. The molecule has 1 heteroatoms. The summed E-state index contributed by atoms with van der Waals surface area (Å²) < 4.78 is 0. The topological polar surface area (TPSA) is 26.0 Å². The molecule has 0 aliphatic carbocycles. The summed E-state index contributed by atoms with van der Waals surface area (Å²) in [5.41, 5.74) is 6.08. The molecule has 0 heterocycles. The minimum absolute atomic E-state index is 0.427. The number of hydrogen-bond donors (Lipinski definition) is 1. The van der Waals surface area contributed by atoms with Crippen molar-refractivity contribution in [1.29, 1.82) is 0 Å². The summed E-state index contributed by atoms with van der Waals surface area (Å²) in [5, 5.41) is 0. The predicted molar refractivity (Wildman–Crippen MR) is 60.7 cm³/mol. The Hall–Kier alpha value is -0.0400. The van der Waals surface area contributed by atoms with Crippen LogP contribution in [0.15, 0.2) is 0 Å². The Bertz CT molecular complexity index is 112. The van der Waals surface area contributed by atoms with E-state index in [4.69, 9.17) is 5.73 Å². The molecule has 0 aromatic heterocycles. The van der Waals surface area contributed by atoms with E-state index >= 15 is 0 Å². The Labute approximate surface area is 84.1 Å². The molecule has 0 fully saturated rings. The second kappa shape index (κ2) is 7.37. The molecule has 0 aliphatic rings. The lowest BCUT2D eigenvalue weighted by molar-refractivity contribution is 0.373. The van der Waals surface area contributed by atoms with Crippen LogP contribution in [0.25, 0.3) is 0 Å². The van der Waals surface area contributed by atoms with Gasteiger partial charge in [-0.25, -0.2) is 0 Å². The van der Waals surface area contributed by atoms with Crippen molar-refractivity contribution in [2.75, 3.05) is 0 Å². The van der Waals surface area contributed by atoms with Gasteiger partial charge in [-0.05, 0) is 24.7 Å². The largest absolute Gasteiger partial charge is 0.328 e. The van der Waals surface area contributed by atoms with Gasteiger partial charge in [0, 0.05) is 6.04 Å². The normalized spacial score (nSPS) is 18.2. The third-order valence-electron chi connectivity index (χ3n) is 2.89. The van der Waals surface area contributed by atoms with E-state index in [1.807, 2.05) is 0 Å². The van der Waals surface area contributed by atoms with Gasteiger partial charge in [0.2, 0.25) is 0 Å². The highest BCUT2D eigenvalue weighted by molar-refractivity contribution is 4.68. The fraction of sp³-hybridized carbons (Fsp3) is 1.00. The molecule has 0 spiro atoms. The van der Waals surface area contributed by atoms with Gasteiger partial charge in [0.15, 0.2) is 0 Å². The standard InChI is InChI=1S/C12H27N/c1-5-7-11(4)9-12(13)8-10(3)6-2/h10-12H,5-9,13H2,1-4H3. The summed E-state index contributed by atoms with van der Waals surface area (Å²) in [6, 6.07) is 0.427. The van der Waals surface area contributed by atoms with Gasteiger partial charge < -0.3 is 5.73 Å². The summed E-state index contributed by atoms with van der Waals surface area (Å²) in [5.74, 6) is 1.60. The highest BCUT2D eigenvalue weighted by Gasteiger charge is 2.11. The molecular weight excluding hydrogens is 158 g/mol. The van der Waals surface area contributed by atoms with Gasteiger partial charge in [0.25, 0.3) is 0 Å². The number of rotatable bonds is 7. The fourth-order valence-corrected chi connectivity index (χ4v) is 1.91. The van der Waals surface area contributed by atoms with Crippen molar-refractivity contribution in [3.8, 4) is 0 Å². The minimum Gasteiger partial charge on any atom is -0.328 e. The van der Waals surface area contributed by atoms with Crippen LogP contribution >= 0.6 is 0 Å². The molecule has 0 saturated carbocycles. The Morgan fingerprint density at radius 3 is 2.00 bits per heavy atom. The van der Waals surface area contributed by atoms with E-state index in [9.17, 15) is 0 Å². The maximum atomic E-state index is 6.08. The van der Waals surface area contributed by atoms with Gasteiger partial charge in [-0.3, -0.25) is 0 Å². The van der Waals surface area contributed by atoms with Gasteiger partial charge in [-0.2, -0.15) is 0 Å². The average molecular weight is 185 g/mol. The number of nitrogens with two attached hydrogens (primary N) is 1. The first kappa shape index (κ1) is 13.0. The molecule has 80 valence electrons. The molecule has 13 heavy (non-hydrogen) atoms. The van der Waals surface area contributed by atoms with Crippen LogP contribution in [0.2, 0.25) is 0 Å². The zero-order valence-corrected chi connectivity index (χ0v) is 9.84. The quantitative estimate of drug-likeness (QED) is 0.644. The lowest BCUT2D eigenvalue weighted by atomic mass is 9.91. The zero-order valence-electron chi connectivity index (χ0n) is 9.84. The van der Waals surface area contributed by atoms with Crippen molar-refractivity contribution in [2.45, 2.75) is 65.8 Å². The molecule has 0 bridgehead atoms. The molecule has 2 N–H and O–H groups in total. The fourth-order valence-electron chi connectivity index (χ4n) is 1.91. The first-order chi connectivity index (χ1) is 6.10. The van der Waals surface area contributed by atoms with Gasteiger partial charge in [0.1, 0.15) is 0 Å². The molecule has 0 aliphatic heterocycles. The van der Waals surface area contributed by atoms with Crippen LogP contribution in [-0.4, -0.2) is 6.04 Å². The summed E-state index contributed by atoms with van der Waals surface area (Å²) in [7, 11) is 0. The van der Waals surface area contributed by atoms with E-state index in [1.54, 1.807) is 0 Å². The Morgan fingerprint density at radius 2 is 1.54 bits per heavy atom. The first-order valence-electron chi connectivity index (χ1n) is 5.85. The van der Waals surface area contributed by atoms with Crippen LogP contribution < -0.4 is 5.73 Å². The smallest absolute Gasteiger partial charge is 0.00438 e. The maximum absolute atomic E-state index is 6.08. The predicted octanol–water partition coefficient (Wildman–Crippen LogP) is 3.58. The third-order valence-corrected chi connectivity index (χ3v) is 2.89. The van der Waals surface area contributed by atoms with E-state index in [-0.39, 0.29) is 0 Å². The molecule has 0 aromatic rings. The monoisotopic (exact) mass is 185 g/mol. The second-order valence-corrected chi connectivity index (χ2v) is 4.64. The van der Waals surface area contributed by atoms with Crippen molar-refractivity contribution >= 4 is 0 Å². The van der Waals surface area contributed by atoms with Crippen LogP contribution in [-0.2, 0) is 0 Å². The molecule has 0 radical (unpaired) electrons. The van der Waals surface area contributed by atoms with Gasteiger partial charge in [-0.1, -0.05) is 47.0 Å². The van der Waals surface area contributed by atoms with E-state index in [1.165, 1.54) is 32.1 Å². The van der Waals surface area contributed by atoms with Crippen LogP contribution in [0, 0.1) is 11.8 Å². The first-order valence-corrected chi connectivity index (χ1v) is 5.85. The van der Waals surface area contributed by atoms with Crippen LogP contribution in [0.1, 0.15) is 59.8 Å². The Morgan fingerprint density at radius 1 is 1.00 bits per heavy atom. The highest BCUT2D eigenvalue weighted by atomic mass is 14.6. The molecular formula is C12H27N. The lowest BCUT2D eigenvalue weighted by Crippen LogP contribution is -2.25. The van der Waals surface area contributed by atoms with E-state index in [0.29, 0.717) is 6.04 Å². The van der Waals surface area contributed by atoms with Gasteiger partial charge >= 0.3 is 0 Å². The minimum atomic E-state index is 0.427. The second-order valence-electron chi connectivity index (χ2n) is 4.64. The van der Waals surface area contributed by atoms with Crippen molar-refractivity contribution in [2.24, 2.45) is 17.6 Å². The van der Waals surface area contributed by atoms with Crippen molar-refractivity contribution in [1.82, 2.24) is 0 Å². The van der Waals surface area contributed by atoms with Crippen LogP contribution in [0.3, 0.4) is 0 Å².